The number of hydrogen-bond donors (Lipinski definition) is 0. The van der Waals surface area contributed by atoms with Crippen LogP contribution >= 0.6 is 0 Å². The molecular weight excluding hydrogens is 299 g/mol. The van der Waals surface area contributed by atoms with Gasteiger partial charge in [0.2, 0.25) is 0 Å². The number of hydrogen-bond acceptors (Lipinski definition) is 4. The van der Waals surface area contributed by atoms with Crippen LogP contribution in [0.25, 0.3) is 0 Å². The Balaban J connectivity index is 0.00000208. The van der Waals surface area contributed by atoms with Gasteiger partial charge in [0.15, 0.2) is 5.79 Å². The van der Waals surface area contributed by atoms with Gasteiger partial charge in [0, 0.05) is 11.9 Å². The molecule has 0 aromatic heterocycles. The summed E-state index contributed by atoms with van der Waals surface area (Å²) in [5.41, 5.74) is -0.110. The molecule has 0 N–H and O–H groups in total. The molecule has 2 saturated carbocycles. The van der Waals surface area contributed by atoms with Crippen molar-refractivity contribution in [3.63, 3.8) is 0 Å². The molecule has 132 valence electrons. The van der Waals surface area contributed by atoms with Gasteiger partial charge in [-0.1, -0.05) is 40.7 Å². The summed E-state index contributed by atoms with van der Waals surface area (Å²) < 4.78 is 18.7. The summed E-state index contributed by atoms with van der Waals surface area (Å²) in [6.07, 6.45) is 3.43. The molecule has 1 spiro atoms. The van der Waals surface area contributed by atoms with Crippen LogP contribution in [0.15, 0.2) is 12.0 Å². The van der Waals surface area contributed by atoms with Gasteiger partial charge in [-0.2, -0.15) is 0 Å². The second-order valence-electron chi connectivity index (χ2n) is 8.83. The predicted molar refractivity (Wildman–Crippen MR) is 86.2 cm³/mol. The first-order valence-electron chi connectivity index (χ1n) is 8.95. The van der Waals surface area contributed by atoms with Crippen molar-refractivity contribution < 1.29 is 38.2 Å². The first-order valence-corrected chi connectivity index (χ1v) is 8.95. The topological polar surface area (TPSA) is 50.8 Å². The summed E-state index contributed by atoms with van der Waals surface area (Å²) in [4.78, 5) is 0. The van der Waals surface area contributed by atoms with Crippen LogP contribution in [0.2, 0.25) is 0 Å². The first kappa shape index (κ1) is 20.2. The quantitative estimate of drug-likeness (QED) is 0.548. The molecule has 6 atom stereocenters. The summed E-state index contributed by atoms with van der Waals surface area (Å²) >= 11 is 0. The molecule has 3 fully saturated rings. The molecule has 0 aromatic carbocycles. The van der Waals surface area contributed by atoms with Crippen LogP contribution in [-0.4, -0.2) is 24.1 Å². The average Bonchev–Trinajstić information content (AvgIpc) is 2.86. The van der Waals surface area contributed by atoms with Crippen LogP contribution in [0.1, 0.15) is 61.3 Å². The maximum Gasteiger partial charge on any atom is 1.00 e. The Morgan fingerprint density at radius 3 is 2.21 bits per heavy atom. The van der Waals surface area contributed by atoms with Gasteiger partial charge in [0.25, 0.3) is 0 Å². The van der Waals surface area contributed by atoms with E-state index in [-0.39, 0.29) is 65.8 Å². The van der Waals surface area contributed by atoms with E-state index in [0.29, 0.717) is 0 Å². The third-order valence-corrected chi connectivity index (χ3v) is 6.83. The number of allylic oxidation sites excluding steroid dienone is 1. The smallest absolute Gasteiger partial charge is 0.604 e. The van der Waals surface area contributed by atoms with E-state index in [9.17, 15) is 5.11 Å². The third-order valence-electron chi connectivity index (χ3n) is 6.83. The van der Waals surface area contributed by atoms with Crippen LogP contribution < -0.4 is 24.0 Å². The van der Waals surface area contributed by atoms with E-state index < -0.39 is 5.79 Å². The van der Waals surface area contributed by atoms with Gasteiger partial charge in [-0.25, -0.2) is 0 Å². The Hall–Kier alpha value is -0.143. The van der Waals surface area contributed by atoms with Gasteiger partial charge in [-0.3, -0.25) is 0 Å². The summed E-state index contributed by atoms with van der Waals surface area (Å²) in [6.45, 7) is 14.8. The van der Waals surface area contributed by atoms with Crippen LogP contribution in [0.4, 0.5) is 0 Å². The Morgan fingerprint density at radius 1 is 1.17 bits per heavy atom. The Morgan fingerprint density at radius 2 is 1.71 bits per heavy atom. The second kappa shape index (κ2) is 6.23. The molecule has 5 heteroatoms. The van der Waals surface area contributed by atoms with Crippen LogP contribution in [0, 0.1) is 22.7 Å². The van der Waals surface area contributed by atoms with Gasteiger partial charge in [-0.15, -0.1) is 0 Å². The molecule has 1 saturated heterocycles. The van der Waals surface area contributed by atoms with E-state index >= 15 is 0 Å². The van der Waals surface area contributed by atoms with E-state index in [2.05, 4.69) is 20.8 Å². The number of rotatable bonds is 3. The van der Waals surface area contributed by atoms with E-state index in [1.54, 1.807) is 6.08 Å². The molecular formula is C19H31LiO4. The van der Waals surface area contributed by atoms with Crippen LogP contribution in [-0.2, 0) is 14.2 Å². The molecule has 3 rings (SSSR count). The summed E-state index contributed by atoms with van der Waals surface area (Å²) in [6, 6.07) is 0. The summed E-state index contributed by atoms with van der Waals surface area (Å²) in [5, 5.41) is 12.4. The molecule has 1 heterocycles. The monoisotopic (exact) mass is 330 g/mol. The molecule has 0 amide bonds. The second-order valence-corrected chi connectivity index (χ2v) is 8.83. The van der Waals surface area contributed by atoms with E-state index in [1.807, 2.05) is 27.7 Å². The Bertz CT molecular complexity index is 505. The normalized spacial score (nSPS) is 46.6. The fraction of sp³-hybridized carbons (Fsp3) is 0.895. The largest absolute Gasteiger partial charge is 1.00 e. The number of fused-ring (bicyclic) bond motifs is 3. The minimum atomic E-state index is -0.782. The van der Waals surface area contributed by atoms with Crippen molar-refractivity contribution in [1.82, 2.24) is 0 Å². The minimum Gasteiger partial charge on any atom is -0.604 e. The molecule has 0 aromatic rings. The Labute approximate surface area is 158 Å². The van der Waals surface area contributed by atoms with Crippen molar-refractivity contribution >= 4 is 0 Å². The Kier molecular flexibility index (Phi) is 5.24. The maximum atomic E-state index is 12.4. The minimum absolute atomic E-state index is 0. The van der Waals surface area contributed by atoms with Gasteiger partial charge < -0.3 is 19.3 Å². The van der Waals surface area contributed by atoms with Gasteiger partial charge >= 0.3 is 18.9 Å². The fourth-order valence-electron chi connectivity index (χ4n) is 5.05. The van der Waals surface area contributed by atoms with Crippen molar-refractivity contribution in [2.45, 2.75) is 85.4 Å². The molecule has 2 bridgehead atoms. The zero-order valence-corrected chi connectivity index (χ0v) is 16.5. The summed E-state index contributed by atoms with van der Waals surface area (Å²) in [5.74, 6) is -0.616. The summed E-state index contributed by atoms with van der Waals surface area (Å²) in [7, 11) is 0. The molecule has 3 aliphatic rings. The first-order chi connectivity index (χ1) is 10.5. The predicted octanol–water partition coefficient (Wildman–Crippen LogP) is 0.210. The SMILES string of the molecule is CC(C)/C=C(\[O-])O[C@@H]1C2(O[C@@H](C)[C@@H](C)O2)[C@H]2CC[C@]1(C)C2(C)C.[Li+]. The van der Waals surface area contributed by atoms with Crippen molar-refractivity contribution in [2.24, 2.45) is 22.7 Å². The van der Waals surface area contributed by atoms with Crippen LogP contribution in [0.3, 0.4) is 0 Å². The standard InChI is InChI=1S/C19H32O4.Li/c1-11(2)10-15(20)21-16-18(7)9-8-14(17(18,5)6)19(16)22-12(3)13(4)23-19;/h10-14,16,20H,8-9H2,1-7H3;/q;+1/p-1/b15-10+;/t12-,13+,14-,16-,18-,19?;/m0./s1. The molecule has 0 radical (unpaired) electrons. The average molecular weight is 330 g/mol. The molecule has 24 heavy (non-hydrogen) atoms. The number of ether oxygens (including phenoxy) is 3. The van der Waals surface area contributed by atoms with Gasteiger partial charge in [-0.05, 0) is 43.4 Å². The van der Waals surface area contributed by atoms with Gasteiger partial charge in [0.05, 0.1) is 18.3 Å². The molecule has 1 unspecified atom stereocenters. The van der Waals surface area contributed by atoms with E-state index in [4.69, 9.17) is 14.2 Å². The van der Waals surface area contributed by atoms with Crippen molar-refractivity contribution in [3.05, 3.63) is 12.0 Å². The molecule has 4 nitrogen and oxygen atoms in total. The zero-order valence-electron chi connectivity index (χ0n) is 16.5. The van der Waals surface area contributed by atoms with Crippen LogP contribution in [0.5, 0.6) is 0 Å². The molecule has 1 aliphatic heterocycles. The van der Waals surface area contributed by atoms with E-state index in [1.165, 1.54) is 0 Å². The van der Waals surface area contributed by atoms with Crippen molar-refractivity contribution in [2.75, 3.05) is 0 Å². The maximum absolute atomic E-state index is 12.4. The van der Waals surface area contributed by atoms with Gasteiger partial charge in [0.1, 0.15) is 0 Å². The fourth-order valence-corrected chi connectivity index (χ4v) is 5.05. The van der Waals surface area contributed by atoms with Crippen molar-refractivity contribution in [1.29, 1.82) is 0 Å². The zero-order chi connectivity index (χ0) is 17.2. The third kappa shape index (κ3) is 2.57. The molecule has 2 aliphatic carbocycles. The van der Waals surface area contributed by atoms with E-state index in [0.717, 1.165) is 12.8 Å². The van der Waals surface area contributed by atoms with Crippen molar-refractivity contribution in [3.8, 4) is 0 Å².